The Hall–Kier alpha value is -1.59. The van der Waals surface area contributed by atoms with Crippen LogP contribution in [0.15, 0.2) is 18.2 Å². The lowest BCUT2D eigenvalue weighted by Gasteiger charge is -2.25. The molecule has 0 saturated carbocycles. The molecule has 2 heterocycles. The standard InChI is InChI=1S/C16H20ClN3O2/c17-13-9-11(19-14-3-4-15(21)20-16(14)22)1-2-12(13)10-5-7-18-8-6-10/h1-2,9-10,14,18-19H,3-8H2,(H,20,21,22). The number of benzene rings is 1. The number of piperidine rings is 2. The minimum atomic E-state index is -0.376. The molecule has 2 fully saturated rings. The summed E-state index contributed by atoms with van der Waals surface area (Å²) in [6.45, 7) is 2.05. The fourth-order valence-electron chi connectivity index (χ4n) is 3.11. The number of rotatable bonds is 3. The Bertz CT molecular complexity index is 585. The summed E-state index contributed by atoms with van der Waals surface area (Å²) in [6, 6.07) is 5.51. The van der Waals surface area contributed by atoms with Gasteiger partial charge < -0.3 is 10.6 Å². The first-order valence-electron chi connectivity index (χ1n) is 7.74. The lowest BCUT2D eigenvalue weighted by molar-refractivity contribution is -0.133. The van der Waals surface area contributed by atoms with Crippen LogP contribution in [0.3, 0.4) is 0 Å². The van der Waals surface area contributed by atoms with Crippen molar-refractivity contribution >= 4 is 29.1 Å². The predicted molar refractivity (Wildman–Crippen MR) is 86.1 cm³/mol. The molecule has 2 saturated heterocycles. The van der Waals surface area contributed by atoms with Crippen LogP contribution in [0.5, 0.6) is 0 Å². The third-order valence-electron chi connectivity index (χ3n) is 4.36. The minimum absolute atomic E-state index is 0.206. The van der Waals surface area contributed by atoms with Gasteiger partial charge in [0.15, 0.2) is 0 Å². The van der Waals surface area contributed by atoms with Gasteiger partial charge in [-0.1, -0.05) is 17.7 Å². The SMILES string of the molecule is O=C1CCC(Nc2ccc(C3CCNCC3)c(Cl)c2)C(=O)N1. The van der Waals surface area contributed by atoms with E-state index in [-0.39, 0.29) is 17.9 Å². The highest BCUT2D eigenvalue weighted by Gasteiger charge is 2.26. The molecule has 0 aliphatic carbocycles. The number of halogens is 1. The van der Waals surface area contributed by atoms with Gasteiger partial charge in [0.2, 0.25) is 11.8 Å². The van der Waals surface area contributed by atoms with Crippen molar-refractivity contribution < 1.29 is 9.59 Å². The zero-order valence-electron chi connectivity index (χ0n) is 12.3. The van der Waals surface area contributed by atoms with Crippen LogP contribution in [0, 0.1) is 0 Å². The second-order valence-electron chi connectivity index (χ2n) is 5.91. The Morgan fingerprint density at radius 1 is 1.14 bits per heavy atom. The van der Waals surface area contributed by atoms with Gasteiger partial charge in [0.1, 0.15) is 6.04 Å². The van der Waals surface area contributed by atoms with Gasteiger partial charge in [-0.05, 0) is 56.0 Å². The highest BCUT2D eigenvalue weighted by Crippen LogP contribution is 2.33. The van der Waals surface area contributed by atoms with Crippen LogP contribution in [0.25, 0.3) is 0 Å². The lowest BCUT2D eigenvalue weighted by atomic mass is 9.90. The molecule has 22 heavy (non-hydrogen) atoms. The third kappa shape index (κ3) is 3.42. The maximum atomic E-state index is 11.8. The van der Waals surface area contributed by atoms with E-state index in [9.17, 15) is 9.59 Å². The number of hydrogen-bond donors (Lipinski definition) is 3. The molecule has 1 atom stereocenters. The fourth-order valence-corrected chi connectivity index (χ4v) is 3.45. The summed E-state index contributed by atoms with van der Waals surface area (Å²) >= 11 is 6.42. The van der Waals surface area contributed by atoms with Gasteiger partial charge in [-0.25, -0.2) is 0 Å². The predicted octanol–water partition coefficient (Wildman–Crippen LogP) is 2.02. The van der Waals surface area contributed by atoms with E-state index in [0.29, 0.717) is 18.8 Å². The second-order valence-corrected chi connectivity index (χ2v) is 6.32. The Morgan fingerprint density at radius 3 is 2.59 bits per heavy atom. The van der Waals surface area contributed by atoms with Crippen molar-refractivity contribution in [1.82, 2.24) is 10.6 Å². The Kier molecular flexibility index (Phi) is 4.64. The first-order valence-corrected chi connectivity index (χ1v) is 8.11. The molecule has 1 aromatic carbocycles. The van der Waals surface area contributed by atoms with Crippen molar-refractivity contribution in [3.8, 4) is 0 Å². The Labute approximate surface area is 134 Å². The first-order chi connectivity index (χ1) is 10.6. The van der Waals surface area contributed by atoms with Gasteiger partial charge in [-0.2, -0.15) is 0 Å². The van der Waals surface area contributed by atoms with Crippen LogP contribution >= 0.6 is 11.6 Å². The van der Waals surface area contributed by atoms with E-state index in [1.54, 1.807) is 0 Å². The topological polar surface area (TPSA) is 70.2 Å². The summed E-state index contributed by atoms with van der Waals surface area (Å²) in [5.74, 6) is 0.0237. The summed E-state index contributed by atoms with van der Waals surface area (Å²) in [5.41, 5.74) is 1.99. The van der Waals surface area contributed by atoms with E-state index in [0.717, 1.165) is 36.6 Å². The molecule has 2 aliphatic heterocycles. The molecule has 0 aromatic heterocycles. The molecular weight excluding hydrogens is 302 g/mol. The number of nitrogens with one attached hydrogen (secondary N) is 3. The number of hydrogen-bond acceptors (Lipinski definition) is 4. The van der Waals surface area contributed by atoms with Crippen molar-refractivity contribution in [2.45, 2.75) is 37.6 Å². The zero-order chi connectivity index (χ0) is 15.5. The number of imide groups is 1. The average molecular weight is 322 g/mol. The molecular formula is C16H20ClN3O2. The van der Waals surface area contributed by atoms with E-state index in [2.05, 4.69) is 16.0 Å². The molecule has 3 rings (SSSR count). The average Bonchev–Trinajstić information content (AvgIpc) is 2.51. The second kappa shape index (κ2) is 6.67. The smallest absolute Gasteiger partial charge is 0.249 e. The molecule has 6 heteroatoms. The molecule has 0 bridgehead atoms. The summed E-state index contributed by atoms with van der Waals surface area (Å²) in [7, 11) is 0. The third-order valence-corrected chi connectivity index (χ3v) is 4.69. The van der Waals surface area contributed by atoms with Gasteiger partial charge in [0.05, 0.1) is 0 Å². The number of anilines is 1. The summed E-state index contributed by atoms with van der Waals surface area (Å²) in [4.78, 5) is 22.9. The maximum Gasteiger partial charge on any atom is 0.249 e. The van der Waals surface area contributed by atoms with Crippen molar-refractivity contribution in [2.24, 2.45) is 0 Å². The van der Waals surface area contributed by atoms with Crippen LogP contribution < -0.4 is 16.0 Å². The quantitative estimate of drug-likeness (QED) is 0.745. The van der Waals surface area contributed by atoms with Crippen LogP contribution in [-0.4, -0.2) is 30.9 Å². The molecule has 118 valence electrons. The monoisotopic (exact) mass is 321 g/mol. The van der Waals surface area contributed by atoms with Gasteiger partial charge in [-0.15, -0.1) is 0 Å². The van der Waals surface area contributed by atoms with E-state index in [4.69, 9.17) is 11.6 Å². The fraction of sp³-hybridized carbons (Fsp3) is 0.500. The molecule has 0 spiro atoms. The van der Waals surface area contributed by atoms with Crippen molar-refractivity contribution in [3.63, 3.8) is 0 Å². The van der Waals surface area contributed by atoms with Gasteiger partial charge in [0, 0.05) is 17.1 Å². The lowest BCUT2D eigenvalue weighted by Crippen LogP contribution is -2.47. The normalized spacial score (nSPS) is 23.2. The van der Waals surface area contributed by atoms with Gasteiger partial charge in [0.25, 0.3) is 0 Å². The maximum absolute atomic E-state index is 11.8. The number of amides is 2. The molecule has 2 amide bonds. The van der Waals surface area contributed by atoms with E-state index >= 15 is 0 Å². The molecule has 2 aliphatic rings. The van der Waals surface area contributed by atoms with E-state index in [1.165, 1.54) is 5.56 Å². The van der Waals surface area contributed by atoms with Crippen LogP contribution in [0.1, 0.15) is 37.2 Å². The van der Waals surface area contributed by atoms with E-state index in [1.807, 2.05) is 18.2 Å². The minimum Gasteiger partial charge on any atom is -0.374 e. The highest BCUT2D eigenvalue weighted by atomic mass is 35.5. The van der Waals surface area contributed by atoms with Crippen molar-refractivity contribution in [3.05, 3.63) is 28.8 Å². The summed E-state index contributed by atoms with van der Waals surface area (Å²) in [6.07, 6.45) is 3.07. The Balaban J connectivity index is 1.69. The van der Waals surface area contributed by atoms with Crippen LogP contribution in [0.4, 0.5) is 5.69 Å². The van der Waals surface area contributed by atoms with Crippen molar-refractivity contribution in [2.75, 3.05) is 18.4 Å². The zero-order valence-corrected chi connectivity index (χ0v) is 13.1. The highest BCUT2D eigenvalue weighted by molar-refractivity contribution is 6.31. The van der Waals surface area contributed by atoms with Crippen molar-refractivity contribution in [1.29, 1.82) is 0 Å². The molecule has 1 aromatic rings. The van der Waals surface area contributed by atoms with Crippen LogP contribution in [0.2, 0.25) is 5.02 Å². The molecule has 5 nitrogen and oxygen atoms in total. The van der Waals surface area contributed by atoms with E-state index < -0.39 is 0 Å². The largest absolute Gasteiger partial charge is 0.374 e. The summed E-state index contributed by atoms with van der Waals surface area (Å²) in [5, 5.41) is 9.60. The van der Waals surface area contributed by atoms with Crippen LogP contribution in [-0.2, 0) is 9.59 Å². The van der Waals surface area contributed by atoms with Gasteiger partial charge >= 0.3 is 0 Å². The number of carbonyl (C=O) groups is 2. The molecule has 3 N–H and O–H groups in total. The Morgan fingerprint density at radius 2 is 1.91 bits per heavy atom. The molecule has 1 unspecified atom stereocenters. The number of carbonyl (C=O) groups excluding carboxylic acids is 2. The first kappa shape index (κ1) is 15.3. The summed E-state index contributed by atoms with van der Waals surface area (Å²) < 4.78 is 0. The van der Waals surface area contributed by atoms with Gasteiger partial charge in [-0.3, -0.25) is 14.9 Å². The molecule has 0 radical (unpaired) electrons.